The van der Waals surface area contributed by atoms with Crippen LogP contribution >= 0.6 is 0 Å². The fourth-order valence-electron chi connectivity index (χ4n) is 3.71. The van der Waals surface area contributed by atoms with Gasteiger partial charge in [0, 0.05) is 35.8 Å². The second-order valence-electron chi connectivity index (χ2n) is 7.64. The fourth-order valence-corrected chi connectivity index (χ4v) is 3.71. The lowest BCUT2D eigenvalue weighted by Gasteiger charge is -2.32. The first-order valence-corrected chi connectivity index (χ1v) is 10.5. The molecule has 158 valence electrons. The van der Waals surface area contributed by atoms with Crippen molar-refractivity contribution < 1.29 is 9.59 Å². The van der Waals surface area contributed by atoms with E-state index >= 15 is 0 Å². The zero-order valence-corrected chi connectivity index (χ0v) is 17.3. The summed E-state index contributed by atoms with van der Waals surface area (Å²) >= 11 is 0. The molecule has 1 atom stereocenters. The van der Waals surface area contributed by atoms with E-state index in [1.165, 1.54) is 0 Å². The monoisotopic (exact) mass is 414 g/mol. The number of urea groups is 1. The third-order valence-corrected chi connectivity index (χ3v) is 5.30. The molecule has 1 unspecified atom stereocenters. The molecule has 1 heterocycles. The number of hydrogen-bond donors (Lipinski definition) is 3. The standard InChI is InChI=1S/C25H26N4O2/c30-24(27-23-15-7-14-22(17-23)26-20-10-3-1-4-11-20)19-9-8-16-29(18-19)25(31)28-21-12-5-2-6-13-21/h1-7,10-15,17,19,26H,8-9,16,18H2,(H,27,30)(H,28,31). The van der Waals surface area contributed by atoms with Crippen LogP contribution in [0.2, 0.25) is 0 Å². The molecular formula is C25H26N4O2. The number of para-hydroxylation sites is 2. The van der Waals surface area contributed by atoms with Crippen LogP contribution in [0, 0.1) is 5.92 Å². The molecule has 3 aromatic rings. The molecule has 31 heavy (non-hydrogen) atoms. The molecular weight excluding hydrogens is 388 g/mol. The number of hydrogen-bond acceptors (Lipinski definition) is 3. The number of benzene rings is 3. The lowest BCUT2D eigenvalue weighted by Crippen LogP contribution is -2.45. The fraction of sp³-hybridized carbons (Fsp3) is 0.200. The van der Waals surface area contributed by atoms with Crippen molar-refractivity contribution in [3.63, 3.8) is 0 Å². The minimum absolute atomic E-state index is 0.0610. The Kier molecular flexibility index (Phi) is 6.47. The van der Waals surface area contributed by atoms with E-state index in [9.17, 15) is 9.59 Å². The van der Waals surface area contributed by atoms with Crippen LogP contribution in [0.1, 0.15) is 12.8 Å². The number of nitrogens with one attached hydrogen (secondary N) is 3. The first-order chi connectivity index (χ1) is 15.2. The Hall–Kier alpha value is -3.80. The molecule has 1 saturated heterocycles. The van der Waals surface area contributed by atoms with Gasteiger partial charge in [-0.25, -0.2) is 4.79 Å². The van der Waals surface area contributed by atoms with E-state index in [1.54, 1.807) is 4.90 Å². The third-order valence-electron chi connectivity index (χ3n) is 5.30. The molecule has 0 aromatic heterocycles. The maximum absolute atomic E-state index is 12.9. The predicted molar refractivity (Wildman–Crippen MR) is 125 cm³/mol. The number of anilines is 4. The first kappa shape index (κ1) is 20.5. The van der Waals surface area contributed by atoms with Crippen molar-refractivity contribution in [2.75, 3.05) is 29.0 Å². The van der Waals surface area contributed by atoms with Gasteiger partial charge in [-0.3, -0.25) is 4.79 Å². The summed E-state index contributed by atoms with van der Waals surface area (Å²) in [5.41, 5.74) is 3.37. The topological polar surface area (TPSA) is 73.5 Å². The van der Waals surface area contributed by atoms with Crippen molar-refractivity contribution in [1.82, 2.24) is 4.90 Å². The van der Waals surface area contributed by atoms with Gasteiger partial charge in [0.15, 0.2) is 0 Å². The highest BCUT2D eigenvalue weighted by Gasteiger charge is 2.28. The molecule has 3 amide bonds. The van der Waals surface area contributed by atoms with Crippen LogP contribution in [0.4, 0.5) is 27.5 Å². The first-order valence-electron chi connectivity index (χ1n) is 10.5. The summed E-state index contributed by atoms with van der Waals surface area (Å²) in [6.45, 7) is 1.06. The Morgan fingerprint density at radius 2 is 1.39 bits per heavy atom. The molecule has 1 aliphatic heterocycles. The van der Waals surface area contributed by atoms with Crippen LogP contribution in [0.15, 0.2) is 84.9 Å². The van der Waals surface area contributed by atoms with Gasteiger partial charge < -0.3 is 20.9 Å². The molecule has 0 aliphatic carbocycles. The maximum atomic E-state index is 12.9. The number of piperidine rings is 1. The van der Waals surface area contributed by atoms with E-state index in [0.717, 1.165) is 35.6 Å². The van der Waals surface area contributed by atoms with Crippen LogP contribution in [0.25, 0.3) is 0 Å². The zero-order valence-electron chi connectivity index (χ0n) is 17.3. The van der Waals surface area contributed by atoms with Crippen LogP contribution in [0.3, 0.4) is 0 Å². The molecule has 3 aromatic carbocycles. The number of amides is 3. The van der Waals surface area contributed by atoms with Crippen molar-refractivity contribution in [2.45, 2.75) is 12.8 Å². The lowest BCUT2D eigenvalue weighted by molar-refractivity contribution is -0.121. The van der Waals surface area contributed by atoms with Gasteiger partial charge in [-0.15, -0.1) is 0 Å². The average molecular weight is 415 g/mol. The summed E-state index contributed by atoms with van der Waals surface area (Å²) in [6.07, 6.45) is 1.57. The van der Waals surface area contributed by atoms with Gasteiger partial charge in [-0.2, -0.15) is 0 Å². The number of likely N-dealkylation sites (tertiary alicyclic amines) is 1. The van der Waals surface area contributed by atoms with Crippen LogP contribution in [-0.2, 0) is 4.79 Å². The van der Waals surface area contributed by atoms with E-state index in [0.29, 0.717) is 13.1 Å². The summed E-state index contributed by atoms with van der Waals surface area (Å²) in [6, 6.07) is 26.7. The molecule has 1 fully saturated rings. The van der Waals surface area contributed by atoms with Crippen molar-refractivity contribution in [2.24, 2.45) is 5.92 Å². The molecule has 6 nitrogen and oxygen atoms in total. The average Bonchev–Trinajstić information content (AvgIpc) is 2.81. The highest BCUT2D eigenvalue weighted by Crippen LogP contribution is 2.23. The van der Waals surface area contributed by atoms with Gasteiger partial charge in [0.25, 0.3) is 0 Å². The lowest BCUT2D eigenvalue weighted by atomic mass is 9.97. The Bertz CT molecular complexity index is 1020. The summed E-state index contributed by atoms with van der Waals surface area (Å²) in [5.74, 6) is -0.296. The van der Waals surface area contributed by atoms with Crippen molar-refractivity contribution in [1.29, 1.82) is 0 Å². The maximum Gasteiger partial charge on any atom is 0.321 e. The largest absolute Gasteiger partial charge is 0.355 e. The molecule has 0 spiro atoms. The summed E-state index contributed by atoms with van der Waals surface area (Å²) in [7, 11) is 0. The van der Waals surface area contributed by atoms with E-state index < -0.39 is 0 Å². The van der Waals surface area contributed by atoms with E-state index in [4.69, 9.17) is 0 Å². The van der Waals surface area contributed by atoms with Crippen molar-refractivity contribution in [3.05, 3.63) is 84.9 Å². The Morgan fingerprint density at radius 3 is 2.13 bits per heavy atom. The molecule has 1 aliphatic rings. The van der Waals surface area contributed by atoms with Gasteiger partial charge >= 0.3 is 6.03 Å². The van der Waals surface area contributed by atoms with Gasteiger partial charge in [-0.05, 0) is 55.3 Å². The van der Waals surface area contributed by atoms with Crippen molar-refractivity contribution in [3.8, 4) is 0 Å². The van der Waals surface area contributed by atoms with Crippen LogP contribution < -0.4 is 16.0 Å². The van der Waals surface area contributed by atoms with Crippen LogP contribution in [0.5, 0.6) is 0 Å². The van der Waals surface area contributed by atoms with E-state index in [1.807, 2.05) is 84.9 Å². The highest BCUT2D eigenvalue weighted by atomic mass is 16.2. The zero-order chi connectivity index (χ0) is 21.5. The number of rotatable bonds is 5. The minimum Gasteiger partial charge on any atom is -0.355 e. The van der Waals surface area contributed by atoms with Gasteiger partial charge in [0.05, 0.1) is 5.92 Å². The SMILES string of the molecule is O=C(Nc1cccc(Nc2ccccc2)c1)C1CCCN(C(=O)Nc2ccccc2)C1. The molecule has 4 rings (SSSR count). The molecule has 0 bridgehead atoms. The van der Waals surface area contributed by atoms with Gasteiger partial charge in [-0.1, -0.05) is 42.5 Å². The minimum atomic E-state index is -0.235. The predicted octanol–water partition coefficient (Wildman–Crippen LogP) is 5.31. The summed E-state index contributed by atoms with van der Waals surface area (Å²) in [4.78, 5) is 27.2. The molecule has 6 heteroatoms. The summed E-state index contributed by atoms with van der Waals surface area (Å²) < 4.78 is 0. The van der Waals surface area contributed by atoms with Crippen LogP contribution in [-0.4, -0.2) is 29.9 Å². The molecule has 0 radical (unpaired) electrons. The number of nitrogens with zero attached hydrogens (tertiary/aromatic N) is 1. The Balaban J connectivity index is 1.35. The summed E-state index contributed by atoms with van der Waals surface area (Å²) in [5, 5.41) is 9.24. The quantitative estimate of drug-likeness (QED) is 0.529. The Labute approximate surface area is 182 Å². The highest BCUT2D eigenvalue weighted by molar-refractivity contribution is 5.94. The second-order valence-corrected chi connectivity index (χ2v) is 7.64. The van der Waals surface area contributed by atoms with E-state index in [-0.39, 0.29) is 17.9 Å². The number of carbonyl (C=O) groups excluding carboxylic acids is 2. The van der Waals surface area contributed by atoms with E-state index in [2.05, 4.69) is 16.0 Å². The van der Waals surface area contributed by atoms with Gasteiger partial charge in [0.2, 0.25) is 5.91 Å². The molecule has 3 N–H and O–H groups in total. The van der Waals surface area contributed by atoms with Gasteiger partial charge in [0.1, 0.15) is 0 Å². The Morgan fingerprint density at radius 1 is 0.742 bits per heavy atom. The molecule has 0 saturated carbocycles. The second kappa shape index (κ2) is 9.80. The van der Waals surface area contributed by atoms with Crippen molar-refractivity contribution >= 4 is 34.7 Å². The number of carbonyl (C=O) groups is 2. The third kappa shape index (κ3) is 5.63. The normalized spacial score (nSPS) is 15.7. The smallest absolute Gasteiger partial charge is 0.321 e.